The van der Waals surface area contributed by atoms with Gasteiger partial charge < -0.3 is 4.52 Å². The first-order valence-corrected chi connectivity index (χ1v) is 7.23. The molecule has 96 valence electrons. The van der Waals surface area contributed by atoms with Crippen LogP contribution >= 0.6 is 35.0 Å². The molecule has 0 aliphatic heterocycles. The average molecular weight is 303 g/mol. The van der Waals surface area contributed by atoms with Gasteiger partial charge in [0, 0.05) is 15.8 Å². The van der Waals surface area contributed by atoms with Crippen LogP contribution in [0.3, 0.4) is 0 Å². The maximum absolute atomic E-state index is 6.11. The fourth-order valence-electron chi connectivity index (χ4n) is 1.43. The van der Waals surface area contributed by atoms with E-state index >= 15 is 0 Å². The quantitative estimate of drug-likeness (QED) is 0.822. The van der Waals surface area contributed by atoms with Crippen LogP contribution in [0.1, 0.15) is 29.5 Å². The number of halogens is 2. The molecule has 18 heavy (non-hydrogen) atoms. The Labute approximate surface area is 120 Å². The Morgan fingerprint density at radius 1 is 1.33 bits per heavy atom. The molecular weight excluding hydrogens is 291 g/mol. The second kappa shape index (κ2) is 5.95. The topological polar surface area (TPSA) is 38.9 Å². The van der Waals surface area contributed by atoms with Gasteiger partial charge in [0.05, 0.1) is 5.25 Å². The minimum absolute atomic E-state index is 0.110. The van der Waals surface area contributed by atoms with Gasteiger partial charge in [-0.05, 0) is 31.5 Å². The third-order valence-corrected chi connectivity index (χ3v) is 4.30. The highest BCUT2D eigenvalue weighted by Crippen LogP contribution is 2.34. The number of nitrogens with zero attached hydrogens (tertiary/aromatic N) is 2. The fraction of sp³-hybridized carbons (Fsp3) is 0.333. The number of benzene rings is 1. The van der Waals surface area contributed by atoms with Crippen molar-refractivity contribution in [3.05, 3.63) is 45.5 Å². The molecule has 6 heteroatoms. The van der Waals surface area contributed by atoms with Crippen molar-refractivity contribution in [2.24, 2.45) is 0 Å². The van der Waals surface area contributed by atoms with E-state index in [4.69, 9.17) is 27.7 Å². The summed E-state index contributed by atoms with van der Waals surface area (Å²) in [4.78, 5) is 4.20. The van der Waals surface area contributed by atoms with Gasteiger partial charge in [0.2, 0.25) is 5.89 Å². The molecule has 2 aromatic rings. The molecule has 0 saturated heterocycles. The van der Waals surface area contributed by atoms with E-state index in [1.807, 2.05) is 25.1 Å². The predicted octanol–water partition coefficient (Wildman–Crippen LogP) is 4.68. The Morgan fingerprint density at radius 2 is 2.00 bits per heavy atom. The van der Waals surface area contributed by atoms with Gasteiger partial charge in [-0.25, -0.2) is 0 Å². The van der Waals surface area contributed by atoms with Crippen molar-refractivity contribution in [1.82, 2.24) is 10.1 Å². The van der Waals surface area contributed by atoms with Crippen molar-refractivity contribution in [3.63, 3.8) is 0 Å². The summed E-state index contributed by atoms with van der Waals surface area (Å²) in [5.74, 6) is 1.98. The summed E-state index contributed by atoms with van der Waals surface area (Å²) in [5.41, 5.74) is 0.939. The molecule has 0 aliphatic carbocycles. The Balaban J connectivity index is 2.03. The Morgan fingerprint density at radius 3 is 2.56 bits per heavy atom. The van der Waals surface area contributed by atoms with Crippen molar-refractivity contribution in [1.29, 1.82) is 0 Å². The van der Waals surface area contributed by atoms with Crippen molar-refractivity contribution < 1.29 is 4.52 Å². The molecule has 1 unspecified atom stereocenters. The molecule has 0 saturated carbocycles. The Bertz CT molecular complexity index is 524. The van der Waals surface area contributed by atoms with E-state index in [9.17, 15) is 0 Å². The Hall–Kier alpha value is -0.710. The molecule has 1 aromatic heterocycles. The number of aryl methyl sites for hydroxylation is 1. The zero-order chi connectivity index (χ0) is 13.1. The second-order valence-corrected chi connectivity index (χ2v) is 5.98. The number of aromatic nitrogens is 2. The SMILES string of the molecule is Cc1noc(C(C)SCc2c(Cl)cccc2Cl)n1. The number of thioether (sulfide) groups is 1. The van der Waals surface area contributed by atoms with Crippen LogP contribution in [0.15, 0.2) is 22.7 Å². The average Bonchev–Trinajstić information content (AvgIpc) is 2.75. The highest BCUT2D eigenvalue weighted by atomic mass is 35.5. The summed E-state index contributed by atoms with van der Waals surface area (Å²) < 4.78 is 5.13. The van der Waals surface area contributed by atoms with Gasteiger partial charge in [0.1, 0.15) is 0 Å². The van der Waals surface area contributed by atoms with Crippen LogP contribution in [0.5, 0.6) is 0 Å². The molecule has 0 N–H and O–H groups in total. The number of hydrogen-bond acceptors (Lipinski definition) is 4. The molecular formula is C12H12Cl2N2OS. The molecule has 1 atom stereocenters. The first-order chi connectivity index (χ1) is 8.58. The van der Waals surface area contributed by atoms with Crippen LogP contribution in [0, 0.1) is 6.92 Å². The third kappa shape index (κ3) is 3.19. The second-order valence-electron chi connectivity index (χ2n) is 3.83. The summed E-state index contributed by atoms with van der Waals surface area (Å²) >= 11 is 13.9. The highest BCUT2D eigenvalue weighted by molar-refractivity contribution is 7.98. The number of hydrogen-bond donors (Lipinski definition) is 0. The fourth-order valence-corrected chi connectivity index (χ4v) is 3.08. The van der Waals surface area contributed by atoms with E-state index in [0.717, 1.165) is 5.56 Å². The summed E-state index contributed by atoms with van der Waals surface area (Å²) in [6.45, 7) is 3.82. The van der Waals surface area contributed by atoms with E-state index in [0.29, 0.717) is 27.5 Å². The normalized spacial score (nSPS) is 12.7. The molecule has 1 heterocycles. The lowest BCUT2D eigenvalue weighted by Gasteiger charge is -2.09. The van der Waals surface area contributed by atoms with Crippen LogP contribution in [-0.4, -0.2) is 10.1 Å². The standard InChI is InChI=1S/C12H12Cl2N2OS/c1-7(12-15-8(2)16-17-12)18-6-9-10(13)4-3-5-11(9)14/h3-5,7H,6H2,1-2H3. The molecule has 0 aliphatic rings. The van der Waals surface area contributed by atoms with Gasteiger partial charge in [-0.2, -0.15) is 4.98 Å². The van der Waals surface area contributed by atoms with Gasteiger partial charge in [0.25, 0.3) is 0 Å². The lowest BCUT2D eigenvalue weighted by atomic mass is 10.2. The molecule has 1 aromatic carbocycles. The zero-order valence-corrected chi connectivity index (χ0v) is 12.3. The third-order valence-electron chi connectivity index (χ3n) is 2.43. The van der Waals surface area contributed by atoms with Crippen molar-refractivity contribution >= 4 is 35.0 Å². The van der Waals surface area contributed by atoms with Gasteiger partial charge in [-0.1, -0.05) is 34.4 Å². The molecule has 0 spiro atoms. The van der Waals surface area contributed by atoms with Crippen LogP contribution < -0.4 is 0 Å². The van der Waals surface area contributed by atoms with E-state index in [1.165, 1.54) is 0 Å². The molecule has 0 amide bonds. The first-order valence-electron chi connectivity index (χ1n) is 5.42. The maximum atomic E-state index is 6.11. The molecule has 3 nitrogen and oxygen atoms in total. The van der Waals surface area contributed by atoms with Crippen LogP contribution in [0.25, 0.3) is 0 Å². The molecule has 0 fully saturated rings. The molecule has 0 radical (unpaired) electrons. The smallest absolute Gasteiger partial charge is 0.239 e. The summed E-state index contributed by atoms with van der Waals surface area (Å²) in [6.07, 6.45) is 0. The van der Waals surface area contributed by atoms with Gasteiger partial charge in [-0.15, -0.1) is 11.8 Å². The van der Waals surface area contributed by atoms with Gasteiger partial charge in [0.15, 0.2) is 5.82 Å². The van der Waals surface area contributed by atoms with E-state index in [-0.39, 0.29) is 5.25 Å². The molecule has 0 bridgehead atoms. The van der Waals surface area contributed by atoms with E-state index in [1.54, 1.807) is 18.7 Å². The summed E-state index contributed by atoms with van der Waals surface area (Å²) in [5, 5.41) is 5.25. The monoisotopic (exact) mass is 302 g/mol. The van der Waals surface area contributed by atoms with E-state index < -0.39 is 0 Å². The minimum atomic E-state index is 0.110. The number of rotatable bonds is 4. The largest absolute Gasteiger partial charge is 0.338 e. The minimum Gasteiger partial charge on any atom is -0.338 e. The first kappa shape index (κ1) is 13.7. The van der Waals surface area contributed by atoms with Crippen LogP contribution in [0.2, 0.25) is 10.0 Å². The lowest BCUT2D eigenvalue weighted by Crippen LogP contribution is -1.92. The van der Waals surface area contributed by atoms with Crippen LogP contribution in [0.4, 0.5) is 0 Å². The summed E-state index contributed by atoms with van der Waals surface area (Å²) in [7, 11) is 0. The van der Waals surface area contributed by atoms with Gasteiger partial charge in [-0.3, -0.25) is 0 Å². The highest BCUT2D eigenvalue weighted by Gasteiger charge is 2.15. The predicted molar refractivity (Wildman–Crippen MR) is 75.2 cm³/mol. The van der Waals surface area contributed by atoms with Crippen LogP contribution in [-0.2, 0) is 5.75 Å². The van der Waals surface area contributed by atoms with Crippen molar-refractivity contribution in [2.75, 3.05) is 0 Å². The van der Waals surface area contributed by atoms with Crippen molar-refractivity contribution in [2.45, 2.75) is 24.9 Å². The zero-order valence-electron chi connectivity index (χ0n) is 9.98. The lowest BCUT2D eigenvalue weighted by molar-refractivity contribution is 0.376. The summed E-state index contributed by atoms with van der Waals surface area (Å²) in [6, 6.07) is 5.51. The Kier molecular flexibility index (Phi) is 4.54. The molecule has 2 rings (SSSR count). The van der Waals surface area contributed by atoms with Gasteiger partial charge >= 0.3 is 0 Å². The van der Waals surface area contributed by atoms with E-state index in [2.05, 4.69) is 10.1 Å². The maximum Gasteiger partial charge on any atom is 0.239 e. The van der Waals surface area contributed by atoms with Crippen molar-refractivity contribution in [3.8, 4) is 0 Å².